The summed E-state index contributed by atoms with van der Waals surface area (Å²) in [5, 5.41) is 10.6. The summed E-state index contributed by atoms with van der Waals surface area (Å²) in [5.41, 5.74) is 0. The van der Waals surface area contributed by atoms with E-state index in [0.29, 0.717) is 31.6 Å². The lowest BCUT2D eigenvalue weighted by Gasteiger charge is -2.21. The van der Waals surface area contributed by atoms with Crippen LogP contribution in [0.2, 0.25) is 0 Å². The Morgan fingerprint density at radius 3 is 0.947 bits per heavy atom. The first-order chi connectivity index (χ1) is 45.3. The van der Waals surface area contributed by atoms with Crippen molar-refractivity contribution in [2.75, 3.05) is 39.6 Å². The number of phosphoric acid groups is 2. The fourth-order valence-corrected chi connectivity index (χ4v) is 12.4. The van der Waals surface area contributed by atoms with E-state index < -0.39 is 97.5 Å². The zero-order valence-corrected chi connectivity index (χ0v) is 62.7. The van der Waals surface area contributed by atoms with Crippen molar-refractivity contribution in [3.63, 3.8) is 0 Å². The molecule has 0 bridgehead atoms. The minimum Gasteiger partial charge on any atom is -0.462 e. The molecule has 0 saturated carbocycles. The van der Waals surface area contributed by atoms with Gasteiger partial charge in [0.1, 0.15) is 19.3 Å². The van der Waals surface area contributed by atoms with Gasteiger partial charge in [0.25, 0.3) is 0 Å². The van der Waals surface area contributed by atoms with Crippen molar-refractivity contribution < 1.29 is 80.2 Å². The number of allylic oxidation sites excluding steroid dienone is 4. The maximum absolute atomic E-state index is 13.1. The van der Waals surface area contributed by atoms with Crippen molar-refractivity contribution in [3.8, 4) is 0 Å². The first-order valence-electron chi connectivity index (χ1n) is 38.2. The van der Waals surface area contributed by atoms with Gasteiger partial charge in [-0.1, -0.05) is 304 Å². The molecule has 6 atom stereocenters. The molecule has 17 nitrogen and oxygen atoms in total. The predicted molar refractivity (Wildman–Crippen MR) is 381 cm³/mol. The molecule has 19 heteroatoms. The largest absolute Gasteiger partial charge is 0.472 e. The molecule has 0 aliphatic carbocycles. The van der Waals surface area contributed by atoms with Crippen LogP contribution in [0.25, 0.3) is 0 Å². The molecule has 0 rings (SSSR count). The summed E-state index contributed by atoms with van der Waals surface area (Å²) in [6.07, 6.45) is 53.7. The van der Waals surface area contributed by atoms with Crippen molar-refractivity contribution in [2.45, 2.75) is 375 Å². The third kappa shape index (κ3) is 66.8. The lowest BCUT2D eigenvalue weighted by molar-refractivity contribution is -0.161. The molecule has 0 amide bonds. The van der Waals surface area contributed by atoms with Gasteiger partial charge in [-0.05, 0) is 69.1 Å². The van der Waals surface area contributed by atoms with Gasteiger partial charge >= 0.3 is 39.5 Å². The first-order valence-corrected chi connectivity index (χ1v) is 41.2. The summed E-state index contributed by atoms with van der Waals surface area (Å²) in [7, 11) is -9.92. The van der Waals surface area contributed by atoms with Crippen LogP contribution in [-0.4, -0.2) is 96.7 Å². The summed E-state index contributed by atoms with van der Waals surface area (Å²) in [4.78, 5) is 72.7. The number of hydrogen-bond acceptors (Lipinski definition) is 15. The van der Waals surface area contributed by atoms with Crippen molar-refractivity contribution >= 4 is 39.5 Å². The van der Waals surface area contributed by atoms with Gasteiger partial charge in [0.05, 0.1) is 26.4 Å². The van der Waals surface area contributed by atoms with Gasteiger partial charge in [-0.25, -0.2) is 9.13 Å². The molecule has 0 fully saturated rings. The van der Waals surface area contributed by atoms with Crippen LogP contribution >= 0.6 is 15.6 Å². The highest BCUT2D eigenvalue weighted by atomic mass is 31.2. The number of carbonyl (C=O) groups excluding carboxylic acids is 4. The zero-order chi connectivity index (χ0) is 69.4. The molecule has 554 valence electrons. The topological polar surface area (TPSA) is 237 Å². The van der Waals surface area contributed by atoms with Gasteiger partial charge in [0.15, 0.2) is 12.2 Å². The lowest BCUT2D eigenvalue weighted by atomic mass is 9.99. The molecule has 0 aromatic rings. The molecule has 94 heavy (non-hydrogen) atoms. The minimum atomic E-state index is -4.96. The third-order valence-corrected chi connectivity index (χ3v) is 19.0. The number of unbranched alkanes of at least 4 members (excludes halogenated alkanes) is 35. The van der Waals surface area contributed by atoms with Crippen LogP contribution < -0.4 is 0 Å². The van der Waals surface area contributed by atoms with Crippen LogP contribution in [0.5, 0.6) is 0 Å². The summed E-state index contributed by atoms with van der Waals surface area (Å²) in [6.45, 7) is 11.8. The van der Waals surface area contributed by atoms with Crippen LogP contribution in [0.15, 0.2) is 24.3 Å². The van der Waals surface area contributed by atoms with E-state index in [1.165, 1.54) is 141 Å². The van der Waals surface area contributed by atoms with E-state index >= 15 is 0 Å². The Labute approximate surface area is 573 Å². The van der Waals surface area contributed by atoms with Gasteiger partial charge in [0, 0.05) is 25.7 Å². The van der Waals surface area contributed by atoms with Gasteiger partial charge < -0.3 is 33.8 Å². The highest BCUT2D eigenvalue weighted by molar-refractivity contribution is 7.47. The summed E-state index contributed by atoms with van der Waals surface area (Å²) >= 11 is 0. The second kappa shape index (κ2) is 65.2. The molecule has 0 aromatic heterocycles. The van der Waals surface area contributed by atoms with E-state index in [1.807, 2.05) is 0 Å². The summed E-state index contributed by atoms with van der Waals surface area (Å²) < 4.78 is 68.4. The van der Waals surface area contributed by atoms with Gasteiger partial charge in [-0.2, -0.15) is 0 Å². The van der Waals surface area contributed by atoms with Crippen molar-refractivity contribution in [2.24, 2.45) is 17.8 Å². The number of rotatable bonds is 71. The maximum Gasteiger partial charge on any atom is 0.472 e. The SMILES string of the molecule is CCCCCC/C=C\C=C/CCCCCCCC(=O)OC[C@H](COP(=O)(O)OC[C@@H](O)COP(=O)(O)OC[C@@H](COC(=O)CCCCCCCCC(C)C)OC(=O)CCCCCCCCCCCC(C)C)OC(=O)CCCCCCCCCCCCCCCCC(C)CC. The minimum absolute atomic E-state index is 0.100. The van der Waals surface area contributed by atoms with E-state index in [9.17, 15) is 43.2 Å². The van der Waals surface area contributed by atoms with E-state index in [4.69, 9.17) is 37.0 Å². The van der Waals surface area contributed by atoms with E-state index in [2.05, 4.69) is 72.8 Å². The average Bonchev–Trinajstić information content (AvgIpc) is 2.82. The third-order valence-electron chi connectivity index (χ3n) is 17.1. The molecule has 0 saturated heterocycles. The van der Waals surface area contributed by atoms with Gasteiger partial charge in [0.2, 0.25) is 0 Å². The van der Waals surface area contributed by atoms with Crippen LogP contribution in [0, 0.1) is 17.8 Å². The van der Waals surface area contributed by atoms with Crippen LogP contribution in [0.3, 0.4) is 0 Å². The zero-order valence-electron chi connectivity index (χ0n) is 60.9. The molecule has 0 heterocycles. The van der Waals surface area contributed by atoms with Crippen LogP contribution in [0.1, 0.15) is 357 Å². The molecule has 0 aliphatic heterocycles. The number of aliphatic hydroxyl groups excluding tert-OH is 1. The number of phosphoric ester groups is 2. The molecule has 0 spiro atoms. The van der Waals surface area contributed by atoms with E-state index in [1.54, 1.807) is 0 Å². The Hall–Kier alpha value is -2.46. The monoisotopic (exact) mass is 1380 g/mol. The van der Waals surface area contributed by atoms with Crippen LogP contribution in [0.4, 0.5) is 0 Å². The average molecular weight is 1380 g/mol. The van der Waals surface area contributed by atoms with E-state index in [0.717, 1.165) is 127 Å². The highest BCUT2D eigenvalue weighted by Crippen LogP contribution is 2.45. The smallest absolute Gasteiger partial charge is 0.462 e. The number of esters is 4. The van der Waals surface area contributed by atoms with Gasteiger partial charge in [-0.3, -0.25) is 37.3 Å². The normalized spacial score (nSPS) is 14.6. The second-order valence-electron chi connectivity index (χ2n) is 27.5. The number of carbonyl (C=O) groups is 4. The van der Waals surface area contributed by atoms with E-state index in [-0.39, 0.29) is 25.7 Å². The number of hydrogen-bond donors (Lipinski definition) is 3. The lowest BCUT2D eigenvalue weighted by Crippen LogP contribution is -2.30. The summed E-state index contributed by atoms with van der Waals surface area (Å²) in [6, 6.07) is 0. The molecule has 0 aromatic carbocycles. The number of aliphatic hydroxyl groups is 1. The number of ether oxygens (including phenoxy) is 4. The van der Waals surface area contributed by atoms with Crippen molar-refractivity contribution in [1.82, 2.24) is 0 Å². The predicted octanol–water partition coefficient (Wildman–Crippen LogP) is 21.3. The van der Waals surface area contributed by atoms with Crippen LogP contribution in [-0.2, 0) is 65.4 Å². The Morgan fingerprint density at radius 2 is 0.628 bits per heavy atom. The molecule has 0 radical (unpaired) electrons. The molecular formula is C75H142O17P2. The molecular weight excluding hydrogens is 1230 g/mol. The Kier molecular flexibility index (Phi) is 63.5. The fraction of sp³-hybridized carbons (Fsp3) is 0.893. The first kappa shape index (κ1) is 91.5. The van der Waals surface area contributed by atoms with Crippen molar-refractivity contribution in [3.05, 3.63) is 24.3 Å². The standard InChI is InChI=1S/C75H142O17P2/c1-8-10-11-12-13-14-15-16-17-21-24-29-34-42-49-56-72(77)85-62-70(91-74(79)58-51-44-35-30-25-22-19-18-20-23-28-33-41-48-55-68(7)9-2)64-89-93(81,82)87-60-69(76)61-88-94(83,84)90-65-71(63-86-73(78)57-50-43-38-37-40-47-54-67(5)6)92-75(80)59-52-45-36-31-26-27-32-39-46-53-66(3)4/h14-17,66-71,76H,8-13,18-65H2,1-7H3,(H,81,82)(H,83,84)/b15-14-,17-16-/t68?,69-,70-,71-/m1/s1. The Morgan fingerprint density at radius 1 is 0.351 bits per heavy atom. The Balaban J connectivity index is 5.27. The molecule has 3 unspecified atom stereocenters. The van der Waals surface area contributed by atoms with Gasteiger partial charge in [-0.15, -0.1) is 0 Å². The molecule has 0 aliphatic rings. The Bertz CT molecular complexity index is 1930. The summed E-state index contributed by atoms with van der Waals surface area (Å²) in [5.74, 6) is 0.104. The highest BCUT2D eigenvalue weighted by Gasteiger charge is 2.30. The van der Waals surface area contributed by atoms with Crippen molar-refractivity contribution in [1.29, 1.82) is 0 Å². The second-order valence-corrected chi connectivity index (χ2v) is 30.5. The molecule has 3 N–H and O–H groups in total. The maximum atomic E-state index is 13.1. The fourth-order valence-electron chi connectivity index (χ4n) is 10.9. The quantitative estimate of drug-likeness (QED) is 0.0169.